The van der Waals surface area contributed by atoms with Crippen molar-refractivity contribution in [2.45, 2.75) is 13.8 Å². The molecule has 0 aliphatic rings. The van der Waals surface area contributed by atoms with Crippen molar-refractivity contribution in [3.8, 4) is 16.9 Å². The van der Waals surface area contributed by atoms with Gasteiger partial charge in [0.25, 0.3) is 0 Å². The number of hydrogen-bond donors (Lipinski definition) is 0. The predicted molar refractivity (Wildman–Crippen MR) is 67.7 cm³/mol. The maximum Gasteiger partial charge on any atom is 0.130 e. The number of halogens is 1. The average molecular weight is 230 g/mol. The fourth-order valence-electron chi connectivity index (χ4n) is 1.74. The first-order valence-electron chi connectivity index (χ1n) is 5.70. The first-order valence-corrected chi connectivity index (χ1v) is 5.70. The fourth-order valence-corrected chi connectivity index (χ4v) is 1.74. The van der Waals surface area contributed by atoms with Gasteiger partial charge in [0.2, 0.25) is 0 Å². The van der Waals surface area contributed by atoms with Crippen LogP contribution in [0.2, 0.25) is 0 Å². The molecule has 17 heavy (non-hydrogen) atoms. The monoisotopic (exact) mass is 230 g/mol. The van der Waals surface area contributed by atoms with Crippen LogP contribution in [0.5, 0.6) is 5.75 Å². The first kappa shape index (κ1) is 11.6. The third-order valence-electron chi connectivity index (χ3n) is 2.61. The van der Waals surface area contributed by atoms with Gasteiger partial charge in [0.15, 0.2) is 0 Å². The molecule has 0 amide bonds. The molecule has 0 spiro atoms. The highest BCUT2D eigenvalue weighted by atomic mass is 19.1. The Hall–Kier alpha value is -1.83. The van der Waals surface area contributed by atoms with Crippen LogP contribution in [0.15, 0.2) is 42.5 Å². The van der Waals surface area contributed by atoms with Crippen LogP contribution in [0.1, 0.15) is 12.5 Å². The van der Waals surface area contributed by atoms with Gasteiger partial charge in [-0.1, -0.05) is 29.8 Å². The topological polar surface area (TPSA) is 9.23 Å². The molecule has 0 aromatic heterocycles. The molecule has 1 nitrogen and oxygen atoms in total. The Morgan fingerprint density at radius 2 is 1.76 bits per heavy atom. The molecule has 0 atom stereocenters. The molecule has 0 bridgehead atoms. The van der Waals surface area contributed by atoms with Crippen molar-refractivity contribution in [2.24, 2.45) is 0 Å². The molecular formula is C15H15FO. The van der Waals surface area contributed by atoms with Gasteiger partial charge in [-0.05, 0) is 31.5 Å². The van der Waals surface area contributed by atoms with Crippen LogP contribution in [0, 0.1) is 12.7 Å². The summed E-state index contributed by atoms with van der Waals surface area (Å²) in [5.74, 6) is 0.320. The van der Waals surface area contributed by atoms with Crippen LogP contribution in [-0.2, 0) is 0 Å². The van der Waals surface area contributed by atoms with Crippen molar-refractivity contribution in [3.63, 3.8) is 0 Å². The Balaban J connectivity index is 2.46. The van der Waals surface area contributed by atoms with E-state index in [1.54, 1.807) is 6.07 Å². The zero-order valence-corrected chi connectivity index (χ0v) is 10.0. The molecule has 0 saturated heterocycles. The van der Waals surface area contributed by atoms with Crippen LogP contribution in [0.3, 0.4) is 0 Å². The minimum Gasteiger partial charge on any atom is -0.493 e. The summed E-state index contributed by atoms with van der Waals surface area (Å²) >= 11 is 0. The molecular weight excluding hydrogens is 215 g/mol. The van der Waals surface area contributed by atoms with Crippen LogP contribution >= 0.6 is 0 Å². The molecule has 88 valence electrons. The normalized spacial score (nSPS) is 10.3. The number of aryl methyl sites for hydroxylation is 1. The second kappa shape index (κ2) is 5.00. The molecule has 2 heteroatoms. The van der Waals surface area contributed by atoms with Gasteiger partial charge in [0.05, 0.1) is 6.61 Å². The van der Waals surface area contributed by atoms with Crippen LogP contribution in [0.25, 0.3) is 11.1 Å². The molecule has 0 unspecified atom stereocenters. The van der Waals surface area contributed by atoms with Crippen molar-refractivity contribution >= 4 is 0 Å². The van der Waals surface area contributed by atoms with E-state index in [0.717, 1.165) is 11.1 Å². The van der Waals surface area contributed by atoms with E-state index in [-0.39, 0.29) is 5.82 Å². The molecule has 0 saturated carbocycles. The van der Waals surface area contributed by atoms with Gasteiger partial charge in [-0.25, -0.2) is 4.39 Å². The molecule has 0 aliphatic carbocycles. The van der Waals surface area contributed by atoms with Gasteiger partial charge in [-0.15, -0.1) is 0 Å². The Bertz CT molecular complexity index is 503. The van der Waals surface area contributed by atoms with E-state index in [1.165, 1.54) is 17.7 Å². The van der Waals surface area contributed by atoms with Gasteiger partial charge >= 0.3 is 0 Å². The van der Waals surface area contributed by atoms with E-state index in [9.17, 15) is 4.39 Å². The second-order valence-corrected chi connectivity index (χ2v) is 3.94. The van der Waals surface area contributed by atoms with E-state index in [1.807, 2.05) is 38.1 Å². The molecule has 0 aliphatic heterocycles. The summed E-state index contributed by atoms with van der Waals surface area (Å²) in [5, 5.41) is 0. The summed E-state index contributed by atoms with van der Waals surface area (Å²) in [6.45, 7) is 4.46. The van der Waals surface area contributed by atoms with Crippen molar-refractivity contribution in [2.75, 3.05) is 6.61 Å². The average Bonchev–Trinajstić information content (AvgIpc) is 2.31. The number of hydrogen-bond acceptors (Lipinski definition) is 1. The maximum absolute atomic E-state index is 13.2. The summed E-state index contributed by atoms with van der Waals surface area (Å²) in [7, 11) is 0. The molecule has 0 fully saturated rings. The smallest absolute Gasteiger partial charge is 0.130 e. The Morgan fingerprint density at radius 1 is 1.06 bits per heavy atom. The number of ether oxygens (including phenoxy) is 1. The summed E-state index contributed by atoms with van der Waals surface area (Å²) in [5.41, 5.74) is 3.17. The van der Waals surface area contributed by atoms with Gasteiger partial charge in [0.1, 0.15) is 11.6 Å². The number of rotatable bonds is 3. The molecule has 2 rings (SSSR count). The predicted octanol–water partition coefficient (Wildman–Crippen LogP) is 4.20. The van der Waals surface area contributed by atoms with Crippen molar-refractivity contribution in [1.29, 1.82) is 0 Å². The van der Waals surface area contributed by atoms with Gasteiger partial charge in [-0.2, -0.15) is 0 Å². The van der Waals surface area contributed by atoms with Gasteiger partial charge < -0.3 is 4.74 Å². The Morgan fingerprint density at radius 3 is 2.41 bits per heavy atom. The van der Waals surface area contributed by atoms with E-state index >= 15 is 0 Å². The number of benzene rings is 2. The maximum atomic E-state index is 13.2. The molecule has 0 radical (unpaired) electrons. The Labute approximate surface area is 101 Å². The standard InChI is InChI=1S/C15H15FO/c1-3-17-15-10-13(16)8-9-14(15)12-6-4-11(2)5-7-12/h4-10H,3H2,1-2H3. The summed E-state index contributed by atoms with van der Waals surface area (Å²) in [6.07, 6.45) is 0. The highest BCUT2D eigenvalue weighted by Gasteiger charge is 2.07. The highest BCUT2D eigenvalue weighted by molar-refractivity contribution is 5.70. The van der Waals surface area contributed by atoms with Gasteiger partial charge in [0, 0.05) is 11.6 Å². The quantitative estimate of drug-likeness (QED) is 0.767. The largest absolute Gasteiger partial charge is 0.493 e. The fraction of sp³-hybridized carbons (Fsp3) is 0.200. The first-order chi connectivity index (χ1) is 8.20. The summed E-state index contributed by atoms with van der Waals surface area (Å²) in [6, 6.07) is 12.8. The lowest BCUT2D eigenvalue weighted by Gasteiger charge is -2.10. The highest BCUT2D eigenvalue weighted by Crippen LogP contribution is 2.30. The van der Waals surface area contributed by atoms with Crippen LogP contribution in [-0.4, -0.2) is 6.61 Å². The minimum absolute atomic E-state index is 0.274. The van der Waals surface area contributed by atoms with Crippen LogP contribution in [0.4, 0.5) is 4.39 Å². The summed E-state index contributed by atoms with van der Waals surface area (Å²) < 4.78 is 18.6. The van der Waals surface area contributed by atoms with E-state index in [0.29, 0.717) is 12.4 Å². The third-order valence-corrected chi connectivity index (χ3v) is 2.61. The lowest BCUT2D eigenvalue weighted by Crippen LogP contribution is -1.95. The zero-order chi connectivity index (χ0) is 12.3. The van der Waals surface area contributed by atoms with Crippen LogP contribution < -0.4 is 4.74 Å². The van der Waals surface area contributed by atoms with E-state index < -0.39 is 0 Å². The van der Waals surface area contributed by atoms with Crippen molar-refractivity contribution < 1.29 is 9.13 Å². The van der Waals surface area contributed by atoms with E-state index in [2.05, 4.69) is 0 Å². The summed E-state index contributed by atoms with van der Waals surface area (Å²) in [4.78, 5) is 0. The van der Waals surface area contributed by atoms with Gasteiger partial charge in [-0.3, -0.25) is 0 Å². The van der Waals surface area contributed by atoms with Crippen molar-refractivity contribution in [3.05, 3.63) is 53.8 Å². The SMILES string of the molecule is CCOc1cc(F)ccc1-c1ccc(C)cc1. The molecule has 2 aromatic rings. The van der Waals surface area contributed by atoms with E-state index in [4.69, 9.17) is 4.74 Å². The molecule has 0 heterocycles. The zero-order valence-electron chi connectivity index (χ0n) is 10.0. The Kier molecular flexibility index (Phi) is 3.43. The lowest BCUT2D eigenvalue weighted by molar-refractivity contribution is 0.339. The molecule has 0 N–H and O–H groups in total. The lowest BCUT2D eigenvalue weighted by atomic mass is 10.0. The third kappa shape index (κ3) is 2.64. The minimum atomic E-state index is -0.274. The second-order valence-electron chi connectivity index (χ2n) is 3.94. The molecule has 2 aromatic carbocycles. The van der Waals surface area contributed by atoms with Crippen molar-refractivity contribution in [1.82, 2.24) is 0 Å².